The first kappa shape index (κ1) is 19.0. The van der Waals surface area contributed by atoms with Crippen LogP contribution in [0.25, 0.3) is 11.0 Å². The van der Waals surface area contributed by atoms with Crippen molar-refractivity contribution in [3.8, 4) is 0 Å². The predicted octanol–water partition coefficient (Wildman–Crippen LogP) is 4.04. The molecule has 4 rings (SSSR count). The topological polar surface area (TPSA) is 76.0 Å². The van der Waals surface area contributed by atoms with E-state index < -0.39 is 24.5 Å². The van der Waals surface area contributed by atoms with Gasteiger partial charge in [-0.1, -0.05) is 18.2 Å². The number of imidazole rings is 1. The highest BCUT2D eigenvalue weighted by Crippen LogP contribution is 2.32. The lowest BCUT2D eigenvalue weighted by Gasteiger charge is -2.12. The van der Waals surface area contributed by atoms with Gasteiger partial charge in [-0.15, -0.1) is 0 Å². The molecule has 0 unspecified atom stereocenters. The Labute approximate surface area is 163 Å². The molecule has 1 fully saturated rings. The normalized spacial score (nSPS) is 14.0. The van der Waals surface area contributed by atoms with E-state index >= 15 is 0 Å². The van der Waals surface area contributed by atoms with E-state index in [-0.39, 0.29) is 22.9 Å². The van der Waals surface area contributed by atoms with E-state index in [1.165, 1.54) is 12.1 Å². The van der Waals surface area contributed by atoms with E-state index in [9.17, 15) is 22.8 Å². The van der Waals surface area contributed by atoms with Crippen molar-refractivity contribution in [2.75, 3.05) is 10.6 Å². The zero-order valence-corrected chi connectivity index (χ0v) is 15.2. The minimum Gasteiger partial charge on any atom is -0.326 e. The molecule has 1 aliphatic rings. The molecule has 0 aliphatic heterocycles. The molecule has 2 aromatic carbocycles. The summed E-state index contributed by atoms with van der Waals surface area (Å²) >= 11 is 0. The number of fused-ring (bicyclic) bond motifs is 1. The zero-order chi connectivity index (χ0) is 20.6. The van der Waals surface area contributed by atoms with Crippen LogP contribution in [-0.2, 0) is 22.3 Å². The summed E-state index contributed by atoms with van der Waals surface area (Å²) < 4.78 is 40.9. The van der Waals surface area contributed by atoms with Crippen LogP contribution >= 0.6 is 0 Å². The van der Waals surface area contributed by atoms with Crippen molar-refractivity contribution in [3.63, 3.8) is 0 Å². The van der Waals surface area contributed by atoms with Crippen LogP contribution in [-0.4, -0.2) is 21.4 Å². The maximum atomic E-state index is 13.4. The molecule has 1 aromatic heterocycles. The van der Waals surface area contributed by atoms with Crippen LogP contribution in [0.3, 0.4) is 0 Å². The number of nitrogens with zero attached hydrogens (tertiary/aromatic N) is 2. The summed E-state index contributed by atoms with van der Waals surface area (Å²) in [5, 5.41) is 5.34. The molecule has 3 aromatic rings. The maximum Gasteiger partial charge on any atom is 0.449 e. The van der Waals surface area contributed by atoms with Gasteiger partial charge in [0.2, 0.25) is 17.6 Å². The Morgan fingerprint density at radius 1 is 1.03 bits per heavy atom. The molecule has 6 nitrogen and oxygen atoms in total. The molecule has 2 N–H and O–H groups in total. The molecule has 29 heavy (non-hydrogen) atoms. The molecular formula is C20H17F3N4O2. The Morgan fingerprint density at radius 3 is 2.41 bits per heavy atom. The van der Waals surface area contributed by atoms with Crippen LogP contribution < -0.4 is 10.6 Å². The molecule has 0 saturated heterocycles. The largest absolute Gasteiger partial charge is 0.449 e. The molecule has 1 aliphatic carbocycles. The number of anilines is 2. The van der Waals surface area contributed by atoms with E-state index in [1.54, 1.807) is 36.4 Å². The molecule has 0 atom stereocenters. The highest BCUT2D eigenvalue weighted by atomic mass is 19.4. The Morgan fingerprint density at radius 2 is 1.72 bits per heavy atom. The quantitative estimate of drug-likeness (QED) is 0.676. The van der Waals surface area contributed by atoms with Crippen LogP contribution in [0.4, 0.5) is 24.5 Å². The fraction of sp³-hybridized carbons (Fsp3) is 0.250. The summed E-state index contributed by atoms with van der Waals surface area (Å²) in [6.45, 7) is -0.548. The van der Waals surface area contributed by atoms with Gasteiger partial charge in [-0.05, 0) is 43.2 Å². The number of carbonyl (C=O) groups excluding carboxylic acids is 2. The Balaban J connectivity index is 1.52. The van der Waals surface area contributed by atoms with Crippen LogP contribution in [0.15, 0.2) is 48.5 Å². The molecule has 0 spiro atoms. The van der Waals surface area contributed by atoms with E-state index in [2.05, 4.69) is 15.6 Å². The van der Waals surface area contributed by atoms with Gasteiger partial charge in [-0.25, -0.2) is 4.98 Å². The van der Waals surface area contributed by atoms with Crippen molar-refractivity contribution >= 4 is 34.2 Å². The Bertz CT molecular complexity index is 1090. The molecule has 1 saturated carbocycles. The van der Waals surface area contributed by atoms with Crippen LogP contribution in [0.5, 0.6) is 0 Å². The molecule has 9 heteroatoms. The average molecular weight is 402 g/mol. The Kier molecular flexibility index (Phi) is 4.73. The van der Waals surface area contributed by atoms with E-state index in [0.29, 0.717) is 11.4 Å². The maximum absolute atomic E-state index is 13.4. The molecule has 2 amide bonds. The lowest BCUT2D eigenvalue weighted by atomic mass is 10.2. The summed E-state index contributed by atoms with van der Waals surface area (Å²) in [5.74, 6) is -1.81. The fourth-order valence-electron chi connectivity index (χ4n) is 3.06. The number of para-hydroxylation sites is 2. The van der Waals surface area contributed by atoms with Crippen molar-refractivity contribution in [2.24, 2.45) is 5.92 Å². The van der Waals surface area contributed by atoms with Gasteiger partial charge in [0.1, 0.15) is 6.54 Å². The predicted molar refractivity (Wildman–Crippen MR) is 101 cm³/mol. The van der Waals surface area contributed by atoms with Gasteiger partial charge in [0.25, 0.3) is 0 Å². The van der Waals surface area contributed by atoms with Gasteiger partial charge in [0, 0.05) is 17.3 Å². The lowest BCUT2D eigenvalue weighted by Crippen LogP contribution is -2.23. The average Bonchev–Trinajstić information content (AvgIpc) is 3.44. The van der Waals surface area contributed by atoms with Crippen LogP contribution in [0.2, 0.25) is 0 Å². The van der Waals surface area contributed by atoms with Gasteiger partial charge in [0.15, 0.2) is 0 Å². The molecular weight excluding hydrogens is 385 g/mol. The van der Waals surface area contributed by atoms with Crippen molar-refractivity contribution in [2.45, 2.75) is 25.6 Å². The number of aromatic nitrogens is 2. The first-order valence-corrected chi connectivity index (χ1v) is 9.04. The number of halogens is 3. The van der Waals surface area contributed by atoms with E-state index in [0.717, 1.165) is 17.4 Å². The number of amides is 2. The number of carbonyl (C=O) groups is 2. The third-order valence-electron chi connectivity index (χ3n) is 4.57. The first-order valence-electron chi connectivity index (χ1n) is 9.04. The summed E-state index contributed by atoms with van der Waals surface area (Å²) in [5.41, 5.74) is 1.28. The highest BCUT2D eigenvalue weighted by Gasteiger charge is 2.38. The summed E-state index contributed by atoms with van der Waals surface area (Å²) in [7, 11) is 0. The minimum atomic E-state index is -4.69. The number of hydrogen-bond acceptors (Lipinski definition) is 3. The van der Waals surface area contributed by atoms with Crippen molar-refractivity contribution < 1.29 is 22.8 Å². The monoisotopic (exact) mass is 402 g/mol. The van der Waals surface area contributed by atoms with Gasteiger partial charge < -0.3 is 15.2 Å². The number of benzene rings is 2. The SMILES string of the molecule is O=C(Cn1c(C(F)(F)F)nc2ccccc21)Nc1cccc(NC(=O)C2CC2)c1. The van der Waals surface area contributed by atoms with Gasteiger partial charge >= 0.3 is 6.18 Å². The third kappa shape index (κ3) is 4.23. The van der Waals surface area contributed by atoms with Gasteiger partial charge in [-0.2, -0.15) is 13.2 Å². The minimum absolute atomic E-state index is 0.0311. The van der Waals surface area contributed by atoms with Crippen LogP contribution in [0, 0.1) is 5.92 Å². The van der Waals surface area contributed by atoms with Crippen molar-refractivity contribution in [1.82, 2.24) is 9.55 Å². The summed E-state index contributed by atoms with van der Waals surface area (Å²) in [6, 6.07) is 12.6. The first-order chi connectivity index (χ1) is 13.8. The third-order valence-corrected chi connectivity index (χ3v) is 4.57. The number of rotatable bonds is 5. The second kappa shape index (κ2) is 7.23. The number of hydrogen-bond donors (Lipinski definition) is 2. The summed E-state index contributed by atoms with van der Waals surface area (Å²) in [6.07, 6.45) is -2.96. The van der Waals surface area contributed by atoms with Crippen LogP contribution in [0.1, 0.15) is 18.7 Å². The van der Waals surface area contributed by atoms with Gasteiger partial charge in [0.05, 0.1) is 11.0 Å². The summed E-state index contributed by atoms with van der Waals surface area (Å²) in [4.78, 5) is 27.9. The lowest BCUT2D eigenvalue weighted by molar-refractivity contribution is -0.147. The van der Waals surface area contributed by atoms with E-state index in [1.807, 2.05) is 0 Å². The van der Waals surface area contributed by atoms with Gasteiger partial charge in [-0.3, -0.25) is 9.59 Å². The van der Waals surface area contributed by atoms with Crippen molar-refractivity contribution in [3.05, 3.63) is 54.4 Å². The molecule has 0 radical (unpaired) electrons. The number of nitrogens with one attached hydrogen (secondary N) is 2. The number of alkyl halides is 3. The zero-order valence-electron chi connectivity index (χ0n) is 15.2. The molecule has 0 bridgehead atoms. The molecule has 150 valence electrons. The van der Waals surface area contributed by atoms with E-state index in [4.69, 9.17) is 0 Å². The Hall–Kier alpha value is -3.36. The highest BCUT2D eigenvalue weighted by molar-refractivity contribution is 5.96. The second-order valence-electron chi connectivity index (χ2n) is 6.90. The van der Waals surface area contributed by atoms with Crippen molar-refractivity contribution in [1.29, 1.82) is 0 Å². The smallest absolute Gasteiger partial charge is 0.326 e. The second-order valence-corrected chi connectivity index (χ2v) is 6.90. The fourth-order valence-corrected chi connectivity index (χ4v) is 3.06. The standard InChI is InChI=1S/C20H17F3N4O2/c21-20(22,23)19-26-15-6-1-2-7-16(15)27(19)11-17(28)24-13-4-3-5-14(10-13)25-18(29)12-8-9-12/h1-7,10,12H,8-9,11H2,(H,24,28)(H,25,29). The molecule has 1 heterocycles.